The smallest absolute Gasteiger partial charge is 0.328 e. The molecule has 1 fully saturated rings. The van der Waals surface area contributed by atoms with E-state index in [2.05, 4.69) is 0 Å². The van der Waals surface area contributed by atoms with Gasteiger partial charge in [-0.1, -0.05) is 0 Å². The van der Waals surface area contributed by atoms with Crippen molar-refractivity contribution in [2.45, 2.75) is 31.6 Å². The predicted molar refractivity (Wildman–Crippen MR) is 50.3 cm³/mol. The number of likely N-dealkylation sites (tertiary alicyclic amines) is 1. The van der Waals surface area contributed by atoms with E-state index in [1.165, 1.54) is 0 Å². The first-order valence-corrected chi connectivity index (χ1v) is 6.14. The maximum atomic E-state index is 10.9. The summed E-state index contributed by atoms with van der Waals surface area (Å²) in [6, 6.07) is 0.195. The summed E-state index contributed by atoms with van der Waals surface area (Å²) in [6.45, 7) is 2.94. The van der Waals surface area contributed by atoms with E-state index in [4.69, 9.17) is 15.5 Å². The fourth-order valence-electron chi connectivity index (χ4n) is 1.51. The van der Waals surface area contributed by atoms with Crippen LogP contribution in [-0.2, 0) is 4.57 Å². The van der Waals surface area contributed by atoms with Crippen LogP contribution in [0.4, 0.5) is 0 Å². The maximum absolute atomic E-state index is 10.9. The highest BCUT2D eigenvalue weighted by Gasteiger charge is 2.31. The zero-order chi connectivity index (χ0) is 10.1. The molecular formula is C7H17N2O3P. The van der Waals surface area contributed by atoms with Crippen LogP contribution in [0.25, 0.3) is 0 Å². The summed E-state index contributed by atoms with van der Waals surface area (Å²) in [7, 11) is -3.96. The Labute approximate surface area is 78.1 Å². The van der Waals surface area contributed by atoms with Crippen molar-refractivity contribution < 1.29 is 14.4 Å². The van der Waals surface area contributed by atoms with Gasteiger partial charge in [0.1, 0.15) is 5.78 Å². The van der Waals surface area contributed by atoms with Gasteiger partial charge in [0.2, 0.25) is 0 Å². The quantitative estimate of drug-likeness (QED) is 0.553. The monoisotopic (exact) mass is 208 g/mol. The molecule has 0 aliphatic carbocycles. The van der Waals surface area contributed by atoms with Gasteiger partial charge < -0.3 is 15.5 Å². The van der Waals surface area contributed by atoms with Gasteiger partial charge in [-0.15, -0.1) is 0 Å². The van der Waals surface area contributed by atoms with Crippen molar-refractivity contribution >= 4 is 7.60 Å². The third kappa shape index (κ3) is 3.04. The SMILES string of the molecule is CC(N1CCC(N)CC1)P(=O)(O)O. The number of hydrogen-bond acceptors (Lipinski definition) is 3. The van der Waals surface area contributed by atoms with Crippen molar-refractivity contribution in [1.82, 2.24) is 4.90 Å². The van der Waals surface area contributed by atoms with Crippen molar-refractivity contribution in [1.29, 1.82) is 0 Å². The van der Waals surface area contributed by atoms with E-state index in [-0.39, 0.29) is 6.04 Å². The third-order valence-electron chi connectivity index (χ3n) is 2.59. The molecule has 0 radical (unpaired) electrons. The lowest BCUT2D eigenvalue weighted by atomic mass is 10.1. The molecule has 5 nitrogen and oxygen atoms in total. The number of nitrogens with two attached hydrogens (primary N) is 1. The highest BCUT2D eigenvalue weighted by Crippen LogP contribution is 2.43. The van der Waals surface area contributed by atoms with Crippen LogP contribution in [0.3, 0.4) is 0 Å². The van der Waals surface area contributed by atoms with Crippen LogP contribution in [0.1, 0.15) is 19.8 Å². The van der Waals surface area contributed by atoms with Crippen molar-refractivity contribution in [2.24, 2.45) is 5.73 Å². The molecule has 1 unspecified atom stereocenters. The molecule has 78 valence electrons. The average molecular weight is 208 g/mol. The minimum atomic E-state index is -3.96. The molecular weight excluding hydrogens is 191 g/mol. The number of rotatable bonds is 2. The van der Waals surface area contributed by atoms with Crippen molar-refractivity contribution in [3.63, 3.8) is 0 Å². The van der Waals surface area contributed by atoms with Crippen LogP contribution in [0.2, 0.25) is 0 Å². The van der Waals surface area contributed by atoms with Gasteiger partial charge in [0.15, 0.2) is 0 Å². The van der Waals surface area contributed by atoms with Crippen LogP contribution in [0.5, 0.6) is 0 Å². The second-order valence-corrected chi connectivity index (χ2v) is 5.52. The van der Waals surface area contributed by atoms with Crippen molar-refractivity contribution in [3.8, 4) is 0 Å². The van der Waals surface area contributed by atoms with Crippen LogP contribution in [0.15, 0.2) is 0 Å². The fourth-order valence-corrected chi connectivity index (χ4v) is 2.16. The van der Waals surface area contributed by atoms with E-state index in [0.29, 0.717) is 13.1 Å². The molecule has 0 spiro atoms. The molecule has 13 heavy (non-hydrogen) atoms. The van der Waals surface area contributed by atoms with Gasteiger partial charge in [0, 0.05) is 19.1 Å². The number of piperidine rings is 1. The van der Waals surface area contributed by atoms with E-state index in [0.717, 1.165) is 12.8 Å². The Morgan fingerprint density at radius 3 is 2.31 bits per heavy atom. The Morgan fingerprint density at radius 2 is 1.92 bits per heavy atom. The Hall–Kier alpha value is 0.0700. The van der Waals surface area contributed by atoms with Crippen LogP contribution in [-0.4, -0.2) is 39.6 Å². The molecule has 6 heteroatoms. The molecule has 1 saturated heterocycles. The third-order valence-corrected chi connectivity index (χ3v) is 3.89. The summed E-state index contributed by atoms with van der Waals surface area (Å²) >= 11 is 0. The number of nitrogens with zero attached hydrogens (tertiary/aromatic N) is 1. The van der Waals surface area contributed by atoms with E-state index >= 15 is 0 Å². The molecule has 1 aliphatic heterocycles. The molecule has 1 heterocycles. The Kier molecular flexibility index (Phi) is 3.49. The summed E-state index contributed by atoms with van der Waals surface area (Å²) < 4.78 is 10.9. The lowest BCUT2D eigenvalue weighted by Crippen LogP contribution is -2.43. The van der Waals surface area contributed by atoms with Crippen molar-refractivity contribution in [3.05, 3.63) is 0 Å². The first kappa shape index (κ1) is 11.1. The lowest BCUT2D eigenvalue weighted by Gasteiger charge is -2.34. The zero-order valence-corrected chi connectivity index (χ0v) is 8.65. The van der Waals surface area contributed by atoms with Gasteiger partial charge in [-0.3, -0.25) is 9.46 Å². The van der Waals surface area contributed by atoms with E-state index < -0.39 is 13.4 Å². The second-order valence-electron chi connectivity index (χ2n) is 3.59. The van der Waals surface area contributed by atoms with Crippen LogP contribution in [0, 0.1) is 0 Å². The van der Waals surface area contributed by atoms with Crippen LogP contribution < -0.4 is 5.73 Å². The minimum Gasteiger partial charge on any atom is -0.328 e. The standard InChI is InChI=1S/C7H17N2O3P/c1-6(13(10,11)12)9-4-2-7(8)3-5-9/h6-7H,2-5,8H2,1H3,(H2,10,11,12). The molecule has 4 N–H and O–H groups in total. The van der Waals surface area contributed by atoms with Crippen LogP contribution >= 0.6 is 7.60 Å². The van der Waals surface area contributed by atoms with Gasteiger partial charge in [-0.2, -0.15) is 0 Å². The molecule has 1 atom stereocenters. The van der Waals surface area contributed by atoms with E-state index in [1.807, 2.05) is 4.90 Å². The van der Waals surface area contributed by atoms with Gasteiger partial charge in [-0.25, -0.2) is 0 Å². The second kappa shape index (κ2) is 4.07. The summed E-state index contributed by atoms with van der Waals surface area (Å²) in [5.74, 6) is -0.667. The average Bonchev–Trinajstić information content (AvgIpc) is 2.03. The normalized spacial score (nSPS) is 24.6. The largest absolute Gasteiger partial charge is 0.342 e. The molecule has 1 aliphatic rings. The minimum absolute atomic E-state index is 0.195. The number of hydrogen-bond donors (Lipinski definition) is 3. The van der Waals surface area contributed by atoms with E-state index in [1.54, 1.807) is 6.92 Å². The van der Waals surface area contributed by atoms with Gasteiger partial charge in [0.25, 0.3) is 0 Å². The van der Waals surface area contributed by atoms with Crippen molar-refractivity contribution in [2.75, 3.05) is 13.1 Å². The molecule has 0 amide bonds. The maximum Gasteiger partial charge on any atom is 0.342 e. The van der Waals surface area contributed by atoms with Gasteiger partial charge in [-0.05, 0) is 19.8 Å². The Bertz CT molecular complexity index is 210. The predicted octanol–water partition coefficient (Wildman–Crippen LogP) is -0.0668. The molecule has 0 aromatic carbocycles. The highest BCUT2D eigenvalue weighted by molar-refractivity contribution is 7.52. The van der Waals surface area contributed by atoms with E-state index in [9.17, 15) is 4.57 Å². The summed E-state index contributed by atoms with van der Waals surface area (Å²) in [6.07, 6.45) is 1.65. The first-order valence-electron chi connectivity index (χ1n) is 4.46. The van der Waals surface area contributed by atoms with Gasteiger partial charge >= 0.3 is 7.60 Å². The highest BCUT2D eigenvalue weighted by atomic mass is 31.2. The Balaban J connectivity index is 2.50. The molecule has 0 aromatic heterocycles. The fraction of sp³-hybridized carbons (Fsp3) is 1.00. The topological polar surface area (TPSA) is 86.8 Å². The molecule has 1 rings (SSSR count). The molecule has 0 aromatic rings. The summed E-state index contributed by atoms with van der Waals surface area (Å²) in [5, 5.41) is 0. The lowest BCUT2D eigenvalue weighted by molar-refractivity contribution is 0.180. The molecule has 0 saturated carbocycles. The Morgan fingerprint density at radius 1 is 1.46 bits per heavy atom. The first-order chi connectivity index (χ1) is 5.91. The van der Waals surface area contributed by atoms with Gasteiger partial charge in [0.05, 0.1) is 0 Å². The zero-order valence-electron chi connectivity index (χ0n) is 7.76. The summed E-state index contributed by atoms with van der Waals surface area (Å²) in [4.78, 5) is 19.7. The molecule has 0 bridgehead atoms. The summed E-state index contributed by atoms with van der Waals surface area (Å²) in [5.41, 5.74) is 5.69.